The van der Waals surface area contributed by atoms with Gasteiger partial charge in [-0.05, 0) is 42.0 Å². The molecule has 10 heteroatoms. The van der Waals surface area contributed by atoms with Crippen LogP contribution < -0.4 is 0 Å². The lowest BCUT2D eigenvalue weighted by Gasteiger charge is -2.48. The van der Waals surface area contributed by atoms with Crippen molar-refractivity contribution in [1.82, 2.24) is 0 Å². The Balaban J connectivity index is 1.59. The van der Waals surface area contributed by atoms with Crippen LogP contribution in [0, 0.1) is 0 Å². The normalized spacial score (nSPS) is 28.9. The first kappa shape index (κ1) is 24.0. The van der Waals surface area contributed by atoms with Gasteiger partial charge in [-0.15, -0.1) is 0 Å². The van der Waals surface area contributed by atoms with Crippen molar-refractivity contribution in [3.8, 4) is 0 Å². The summed E-state index contributed by atoms with van der Waals surface area (Å²) in [5.41, 5.74) is 10.6. The third-order valence-electron chi connectivity index (χ3n) is 5.32. The number of fused-ring (bicyclic) bond motifs is 1. The van der Waals surface area contributed by atoms with E-state index in [4.69, 9.17) is 35.9 Å². The highest BCUT2D eigenvalue weighted by Gasteiger charge is 2.51. The van der Waals surface area contributed by atoms with Crippen molar-refractivity contribution in [3.05, 3.63) is 82.2 Å². The summed E-state index contributed by atoms with van der Waals surface area (Å²) >= 11 is 6.51. The fourth-order valence-corrected chi connectivity index (χ4v) is 5.15. The first-order chi connectivity index (χ1) is 16.2. The third kappa shape index (κ3) is 6.04. The zero-order chi connectivity index (χ0) is 23.0. The third-order valence-corrected chi connectivity index (χ3v) is 6.66. The van der Waals surface area contributed by atoms with Gasteiger partial charge in [-0.2, -0.15) is 0 Å². The molecule has 2 aromatic carbocycles. The highest BCUT2D eigenvalue weighted by molar-refractivity contribution is 8.22. The topological polar surface area (TPSA) is 94.9 Å². The number of thiocarbonyl (C=S) groups is 1. The van der Waals surface area contributed by atoms with Crippen LogP contribution in [-0.2, 0) is 30.3 Å². The molecule has 2 fully saturated rings. The van der Waals surface area contributed by atoms with Crippen LogP contribution in [0.4, 0.5) is 0 Å². The Morgan fingerprint density at radius 1 is 1.15 bits per heavy atom. The van der Waals surface area contributed by atoms with Gasteiger partial charge in [0.15, 0.2) is 6.29 Å². The van der Waals surface area contributed by atoms with Gasteiger partial charge in [0, 0.05) is 10.5 Å². The maximum Gasteiger partial charge on any atom is 0.222 e. The number of benzene rings is 2. The molecule has 2 saturated heterocycles. The summed E-state index contributed by atoms with van der Waals surface area (Å²) in [5, 5.41) is 4.03. The Morgan fingerprint density at radius 2 is 1.88 bits per heavy atom. The zero-order valence-corrected chi connectivity index (χ0v) is 19.7. The molecule has 0 spiro atoms. The van der Waals surface area contributed by atoms with Crippen LogP contribution >= 0.6 is 24.0 Å². The fourth-order valence-electron chi connectivity index (χ4n) is 3.82. The lowest BCUT2D eigenvalue weighted by molar-refractivity contribution is -0.311. The first-order valence-corrected chi connectivity index (χ1v) is 12.0. The second-order valence-electron chi connectivity index (χ2n) is 7.48. The van der Waals surface area contributed by atoms with E-state index < -0.39 is 36.1 Å². The number of nitrogens with zero attached hydrogens (tertiary/aromatic N) is 3. The van der Waals surface area contributed by atoms with Gasteiger partial charge in [0.25, 0.3) is 0 Å². The van der Waals surface area contributed by atoms with Gasteiger partial charge in [0.2, 0.25) is 4.38 Å². The molecule has 0 saturated carbocycles. The standard InChI is InChI=1S/C23H25N3O5S2/c1-2-27-23(32)33-22-18(25-26-24)20(28-13-15-9-5-3-6-10-15)19-17(30-22)14-29-21(31-19)16-11-7-4-8-12-16/h3-12,17-22H,2,13-14H2,1H3/t17-,18-,19+,20-,21+,22+/m1/s1. The van der Waals surface area contributed by atoms with Gasteiger partial charge >= 0.3 is 0 Å². The molecule has 0 bridgehead atoms. The van der Waals surface area contributed by atoms with Crippen LogP contribution in [0.3, 0.4) is 0 Å². The van der Waals surface area contributed by atoms with E-state index in [1.165, 1.54) is 11.8 Å². The van der Waals surface area contributed by atoms with E-state index >= 15 is 0 Å². The Morgan fingerprint density at radius 3 is 2.58 bits per heavy atom. The molecule has 0 amide bonds. The molecule has 2 heterocycles. The van der Waals surface area contributed by atoms with Crippen molar-refractivity contribution in [2.45, 2.75) is 49.6 Å². The summed E-state index contributed by atoms with van der Waals surface area (Å²) in [5.74, 6) is 0. The van der Waals surface area contributed by atoms with Gasteiger partial charge in [-0.3, -0.25) is 0 Å². The Bertz CT molecular complexity index is 961. The average Bonchev–Trinajstić information content (AvgIpc) is 2.85. The predicted molar refractivity (Wildman–Crippen MR) is 128 cm³/mol. The smallest absolute Gasteiger partial charge is 0.222 e. The number of thioether (sulfide) groups is 1. The molecule has 2 aliphatic rings. The molecular formula is C23H25N3O5S2. The minimum atomic E-state index is -0.683. The summed E-state index contributed by atoms with van der Waals surface area (Å²) in [4.78, 5) is 3.06. The van der Waals surface area contributed by atoms with Crippen LogP contribution in [0.2, 0.25) is 0 Å². The number of ether oxygens (including phenoxy) is 5. The van der Waals surface area contributed by atoms with Gasteiger partial charge in [0.1, 0.15) is 23.7 Å². The number of hydrogen-bond acceptors (Lipinski definition) is 8. The van der Waals surface area contributed by atoms with Crippen molar-refractivity contribution in [2.24, 2.45) is 5.11 Å². The number of hydrogen-bond donors (Lipinski definition) is 0. The molecule has 2 aliphatic heterocycles. The maximum absolute atomic E-state index is 9.31. The largest absolute Gasteiger partial charge is 0.479 e. The summed E-state index contributed by atoms with van der Waals surface area (Å²) in [6.45, 7) is 2.93. The predicted octanol–water partition coefficient (Wildman–Crippen LogP) is 5.14. The van der Waals surface area contributed by atoms with Crippen LogP contribution in [0.15, 0.2) is 65.8 Å². The molecular weight excluding hydrogens is 462 g/mol. The van der Waals surface area contributed by atoms with Crippen LogP contribution in [-0.4, -0.2) is 47.4 Å². The van der Waals surface area contributed by atoms with Crippen LogP contribution in [0.5, 0.6) is 0 Å². The van der Waals surface area contributed by atoms with E-state index in [-0.39, 0.29) is 0 Å². The van der Waals surface area contributed by atoms with Crippen molar-refractivity contribution >= 4 is 28.4 Å². The van der Waals surface area contributed by atoms with Gasteiger partial charge in [-0.25, -0.2) is 0 Å². The fraction of sp³-hybridized carbons (Fsp3) is 0.435. The van der Waals surface area contributed by atoms with Crippen molar-refractivity contribution < 1.29 is 23.7 Å². The lowest BCUT2D eigenvalue weighted by atomic mass is 9.97. The minimum Gasteiger partial charge on any atom is -0.479 e. The number of rotatable bonds is 7. The Kier molecular flexibility index (Phi) is 8.57. The molecule has 2 aromatic rings. The quantitative estimate of drug-likeness (QED) is 0.231. The number of azide groups is 1. The van der Waals surface area contributed by atoms with Crippen molar-refractivity contribution in [2.75, 3.05) is 13.2 Å². The molecule has 0 radical (unpaired) electrons. The summed E-state index contributed by atoms with van der Waals surface area (Å²) in [6, 6.07) is 18.8. The monoisotopic (exact) mass is 487 g/mol. The maximum atomic E-state index is 9.31. The molecule has 4 rings (SSSR count). The minimum absolute atomic E-state index is 0.302. The van der Waals surface area contributed by atoms with E-state index in [9.17, 15) is 5.53 Å². The summed E-state index contributed by atoms with van der Waals surface area (Å²) in [6.07, 6.45) is -2.06. The second-order valence-corrected chi connectivity index (χ2v) is 9.18. The molecule has 8 nitrogen and oxygen atoms in total. The Hall–Kier alpha value is -2.17. The first-order valence-electron chi connectivity index (χ1n) is 10.7. The lowest BCUT2D eigenvalue weighted by Crippen LogP contribution is -2.61. The summed E-state index contributed by atoms with van der Waals surface area (Å²) in [7, 11) is 0. The zero-order valence-electron chi connectivity index (χ0n) is 18.1. The van der Waals surface area contributed by atoms with E-state index in [2.05, 4.69) is 10.0 Å². The van der Waals surface area contributed by atoms with Gasteiger partial charge in [0.05, 0.1) is 25.9 Å². The SMILES string of the molecule is CCOC(=S)S[C@@H]1O[C@@H]2CO[C@H](c3ccccc3)O[C@@H]2[C@H](OCc2ccccc2)[C@H]1N=[N+]=[N-]. The molecule has 0 N–H and O–H groups in total. The van der Waals surface area contributed by atoms with Crippen LogP contribution in [0.1, 0.15) is 24.3 Å². The summed E-state index contributed by atoms with van der Waals surface area (Å²) < 4.78 is 30.6. The molecule has 6 atom stereocenters. The highest BCUT2D eigenvalue weighted by atomic mass is 32.2. The highest BCUT2D eigenvalue weighted by Crippen LogP contribution is 2.40. The van der Waals surface area contributed by atoms with E-state index in [1.807, 2.05) is 67.6 Å². The molecule has 0 aromatic heterocycles. The second kappa shape index (κ2) is 11.8. The van der Waals surface area contributed by atoms with Crippen molar-refractivity contribution in [1.29, 1.82) is 0 Å². The van der Waals surface area contributed by atoms with Crippen LogP contribution in [0.25, 0.3) is 10.4 Å². The van der Waals surface area contributed by atoms with Gasteiger partial charge in [-0.1, -0.05) is 65.8 Å². The van der Waals surface area contributed by atoms with Gasteiger partial charge < -0.3 is 23.7 Å². The molecule has 0 aliphatic carbocycles. The average molecular weight is 488 g/mol. The van der Waals surface area contributed by atoms with E-state index in [0.29, 0.717) is 24.2 Å². The molecule has 174 valence electrons. The van der Waals surface area contributed by atoms with E-state index in [0.717, 1.165) is 11.1 Å². The van der Waals surface area contributed by atoms with Crippen molar-refractivity contribution in [3.63, 3.8) is 0 Å². The molecule has 33 heavy (non-hydrogen) atoms. The van der Waals surface area contributed by atoms with E-state index in [1.54, 1.807) is 0 Å². The molecule has 0 unspecified atom stereocenters. The Labute approximate surface area is 202 Å².